The first-order valence-electron chi connectivity index (χ1n) is 15.7. The van der Waals surface area contributed by atoms with Crippen molar-refractivity contribution in [1.29, 1.82) is 5.26 Å². The molecule has 0 aliphatic heterocycles. The number of ether oxygens (including phenoxy) is 3. The van der Waals surface area contributed by atoms with Gasteiger partial charge in [-0.25, -0.2) is 14.6 Å². The summed E-state index contributed by atoms with van der Waals surface area (Å²) in [7, 11) is 1.06. The zero-order valence-electron chi connectivity index (χ0n) is 29.9. The monoisotopic (exact) mass is 695 g/mol. The van der Waals surface area contributed by atoms with E-state index in [4.69, 9.17) is 23.9 Å². The Kier molecular flexibility index (Phi) is 14.9. The molecule has 4 amide bonds. The molecule has 0 saturated heterocycles. The maximum absolute atomic E-state index is 12.8. The number of rotatable bonds is 11. The third-order valence-corrected chi connectivity index (χ3v) is 5.54. The van der Waals surface area contributed by atoms with Crippen molar-refractivity contribution in [2.24, 2.45) is 4.99 Å². The van der Waals surface area contributed by atoms with Crippen LogP contribution in [-0.4, -0.2) is 66.3 Å². The van der Waals surface area contributed by atoms with Gasteiger partial charge in [0.1, 0.15) is 11.2 Å². The van der Waals surface area contributed by atoms with Crippen LogP contribution in [0.15, 0.2) is 45.8 Å². The molecule has 0 fully saturated rings. The molecule has 1 heterocycles. The van der Waals surface area contributed by atoms with E-state index in [2.05, 4.69) is 36.2 Å². The van der Waals surface area contributed by atoms with Crippen LogP contribution in [0.2, 0.25) is 0 Å². The van der Waals surface area contributed by atoms with Crippen molar-refractivity contribution < 1.29 is 42.5 Å². The topological polar surface area (TPSA) is 215 Å². The van der Waals surface area contributed by atoms with Gasteiger partial charge in [-0.05, 0) is 47.1 Å². The first kappa shape index (κ1) is 40.6. The normalized spacial score (nSPS) is 11.5. The average molecular weight is 696 g/mol. The summed E-state index contributed by atoms with van der Waals surface area (Å²) in [5.74, 6) is 0.0748. The van der Waals surface area contributed by atoms with Crippen LogP contribution in [0.4, 0.5) is 20.1 Å². The van der Waals surface area contributed by atoms with Crippen LogP contribution >= 0.6 is 0 Å². The SMILES string of the molecule is CC(C)(C)OC(=O)NC(=BOC#N)NCCCc1ccc(C(=O)Nc2ccc(CN=C(NC(=O)OC(C)(C)C)NC(=O)OC(C)(C)C)cc2)o1. The fraction of sp³-hybridized carbons (Fsp3) is 0.485. The van der Waals surface area contributed by atoms with Gasteiger partial charge < -0.3 is 9.47 Å². The van der Waals surface area contributed by atoms with Crippen molar-refractivity contribution in [1.82, 2.24) is 21.3 Å². The molecule has 0 aliphatic rings. The number of nitrogens with one attached hydrogen (secondary N) is 5. The number of nitriles is 1. The van der Waals surface area contributed by atoms with Gasteiger partial charge in [0.05, 0.1) is 6.54 Å². The zero-order valence-corrected chi connectivity index (χ0v) is 29.9. The summed E-state index contributed by atoms with van der Waals surface area (Å²) in [5, 5.41) is 21.7. The quantitative estimate of drug-likeness (QED) is 0.0543. The molecule has 0 unspecified atom stereocenters. The van der Waals surface area contributed by atoms with E-state index < -0.39 is 41.0 Å². The van der Waals surface area contributed by atoms with Crippen molar-refractivity contribution in [3.05, 3.63) is 53.5 Å². The van der Waals surface area contributed by atoms with Crippen LogP contribution < -0.4 is 26.6 Å². The van der Waals surface area contributed by atoms with Crippen molar-refractivity contribution in [3.63, 3.8) is 0 Å². The van der Waals surface area contributed by atoms with Gasteiger partial charge >= 0.3 is 175 Å². The number of aliphatic imine (C=N–C) groups is 1. The first-order valence-corrected chi connectivity index (χ1v) is 15.7. The van der Waals surface area contributed by atoms with Crippen LogP contribution in [-0.2, 0) is 31.8 Å². The summed E-state index contributed by atoms with van der Waals surface area (Å²) in [4.78, 5) is 53.8. The molecule has 0 spiro atoms. The molecular formula is C33H46BN7O9. The average Bonchev–Trinajstić information content (AvgIpc) is 3.43. The molecule has 5 N–H and O–H groups in total. The molecule has 0 radical (unpaired) electrons. The molecule has 2 aromatic rings. The van der Waals surface area contributed by atoms with E-state index in [1.54, 1.807) is 98.7 Å². The molecule has 0 saturated carbocycles. The van der Waals surface area contributed by atoms with Gasteiger partial charge in [0.2, 0.25) is 5.96 Å². The second-order valence-electron chi connectivity index (χ2n) is 13.7. The second kappa shape index (κ2) is 18.3. The fourth-order valence-corrected chi connectivity index (χ4v) is 3.70. The van der Waals surface area contributed by atoms with Crippen LogP contribution in [0.25, 0.3) is 0 Å². The summed E-state index contributed by atoms with van der Waals surface area (Å²) in [6.07, 6.45) is 0.218. The number of carbonyl (C=O) groups excluding carboxylic acids is 4. The number of furan rings is 1. The third kappa shape index (κ3) is 17.6. The molecule has 2 rings (SSSR count). The van der Waals surface area contributed by atoms with Crippen molar-refractivity contribution in [2.75, 3.05) is 11.9 Å². The minimum atomic E-state index is -0.802. The molecule has 50 heavy (non-hydrogen) atoms. The number of carbonyl (C=O) groups is 4. The standard InChI is InChI=1S/C33H46BN7O9/c1-31(2,3)48-28(43)39-26(34-46-20-35)36-18-10-11-23-16-17-24(47-23)25(42)38-22-14-12-21(13-15-22)19-37-27(40-29(44)49-32(4,5)6)41-30(45)50-33(7,8)9/h12-17,36H,10-11,18-19H2,1-9H3,(H,38,42)(H,39,43)(H2,37,40,41,44,45). The van der Waals surface area contributed by atoms with Gasteiger partial charge in [-0.2, -0.15) is 0 Å². The zero-order chi connectivity index (χ0) is 37.5. The second-order valence-corrected chi connectivity index (χ2v) is 13.7. The van der Waals surface area contributed by atoms with E-state index in [0.717, 1.165) is 7.12 Å². The van der Waals surface area contributed by atoms with Crippen LogP contribution in [0.1, 0.15) is 90.6 Å². The molecular weight excluding hydrogens is 649 g/mol. The van der Waals surface area contributed by atoms with E-state index >= 15 is 0 Å². The maximum atomic E-state index is 12.8. The number of hydrogen-bond acceptors (Lipinski definition) is 12. The van der Waals surface area contributed by atoms with Crippen molar-refractivity contribution in [2.45, 2.75) is 98.5 Å². The van der Waals surface area contributed by atoms with Gasteiger partial charge in [0, 0.05) is 0 Å². The molecule has 0 aliphatic carbocycles. The molecule has 1 aromatic heterocycles. The van der Waals surface area contributed by atoms with Crippen LogP contribution in [0, 0.1) is 11.5 Å². The fourth-order valence-electron chi connectivity index (χ4n) is 3.70. The van der Waals surface area contributed by atoms with Gasteiger partial charge in [0.25, 0.3) is 0 Å². The van der Waals surface area contributed by atoms with Crippen molar-refractivity contribution in [3.8, 4) is 6.26 Å². The van der Waals surface area contributed by atoms with E-state index in [1.165, 1.54) is 6.26 Å². The Morgan fingerprint density at radius 1 is 0.800 bits per heavy atom. The molecule has 0 bridgehead atoms. The molecule has 17 heteroatoms. The van der Waals surface area contributed by atoms with Gasteiger partial charge in [0.15, 0.2) is 0 Å². The molecule has 16 nitrogen and oxygen atoms in total. The number of anilines is 1. The molecule has 270 valence electrons. The number of benzene rings is 1. The summed E-state index contributed by atoms with van der Waals surface area (Å²) in [5.41, 5.74) is -0.877. The van der Waals surface area contributed by atoms with E-state index in [-0.39, 0.29) is 24.0 Å². The van der Waals surface area contributed by atoms with Gasteiger partial charge in [-0.3, -0.25) is 10.6 Å². The Bertz CT molecular complexity index is 1540. The number of amides is 4. The number of aryl methyl sites for hydroxylation is 1. The first-order chi connectivity index (χ1) is 23.2. The Labute approximate surface area is 292 Å². The summed E-state index contributed by atoms with van der Waals surface area (Å²) in [6, 6.07) is 10.0. The van der Waals surface area contributed by atoms with Crippen LogP contribution in [0.3, 0.4) is 0 Å². The Morgan fingerprint density at radius 3 is 1.86 bits per heavy atom. The third-order valence-electron chi connectivity index (χ3n) is 5.54. The van der Waals surface area contributed by atoms with E-state index in [9.17, 15) is 19.2 Å². The summed E-state index contributed by atoms with van der Waals surface area (Å²) >= 11 is 0. The number of alkyl carbamates (subject to hydrolysis) is 3. The van der Waals surface area contributed by atoms with Gasteiger partial charge in [-0.15, -0.1) is 0 Å². The van der Waals surface area contributed by atoms with E-state index in [0.29, 0.717) is 36.4 Å². The summed E-state index contributed by atoms with van der Waals surface area (Å²) < 4.78 is 26.0. The van der Waals surface area contributed by atoms with Crippen molar-refractivity contribution >= 4 is 48.7 Å². The number of nitrogens with zero attached hydrogens (tertiary/aromatic N) is 2. The van der Waals surface area contributed by atoms with Gasteiger partial charge in [-0.1, -0.05) is 12.1 Å². The Balaban J connectivity index is 1.94. The Hall–Kier alpha value is -5.53. The van der Waals surface area contributed by atoms with Crippen LogP contribution in [0.5, 0.6) is 0 Å². The number of guanidine groups is 1. The Morgan fingerprint density at radius 2 is 1.34 bits per heavy atom. The predicted molar refractivity (Wildman–Crippen MR) is 186 cm³/mol. The predicted octanol–water partition coefficient (Wildman–Crippen LogP) is 4.69. The number of hydrogen-bond donors (Lipinski definition) is 5. The van der Waals surface area contributed by atoms with E-state index in [1.807, 2.05) is 0 Å². The molecule has 0 atom stereocenters. The summed E-state index contributed by atoms with van der Waals surface area (Å²) in [6.45, 7) is 15.9. The minimum absolute atomic E-state index is 0.0747. The molecule has 1 aromatic carbocycles.